The molecule has 2 atom stereocenters. The molecule has 0 amide bonds. The van der Waals surface area contributed by atoms with Crippen LogP contribution in [0.25, 0.3) is 0 Å². The van der Waals surface area contributed by atoms with Gasteiger partial charge in [0.15, 0.2) is 0 Å². The van der Waals surface area contributed by atoms with Crippen LogP contribution in [0, 0.1) is 11.8 Å². The Morgan fingerprint density at radius 2 is 1.92 bits per heavy atom. The molecule has 0 N–H and O–H groups in total. The first-order valence-electron chi connectivity index (χ1n) is 5.61. The number of rotatable bonds is 4. The molecule has 0 spiro atoms. The number of methoxy groups -OCH3 is 1. The van der Waals surface area contributed by atoms with Gasteiger partial charge in [-0.3, -0.25) is 0 Å². The van der Waals surface area contributed by atoms with E-state index in [9.17, 15) is 0 Å². The Hall–Kier alpha value is -0.0800. The Bertz CT molecular complexity index is 148. The molecule has 1 aliphatic heterocycles. The molecule has 2 fully saturated rings. The number of hydrogen-bond acceptors (Lipinski definition) is 2. The lowest BCUT2D eigenvalue weighted by Gasteiger charge is -2.15. The van der Waals surface area contributed by atoms with Crippen molar-refractivity contribution in [1.29, 1.82) is 0 Å². The maximum absolute atomic E-state index is 5.07. The third-order valence-corrected chi connectivity index (χ3v) is 3.62. The zero-order valence-electron chi connectivity index (χ0n) is 8.67. The summed E-state index contributed by atoms with van der Waals surface area (Å²) in [7, 11) is 1.79. The van der Waals surface area contributed by atoms with Gasteiger partial charge in [-0.1, -0.05) is 6.42 Å². The van der Waals surface area contributed by atoms with Crippen molar-refractivity contribution in [2.75, 3.05) is 33.4 Å². The van der Waals surface area contributed by atoms with Gasteiger partial charge in [-0.05, 0) is 31.1 Å². The molecule has 1 saturated carbocycles. The molecule has 0 aromatic carbocycles. The number of nitrogens with zero attached hydrogens (tertiary/aromatic N) is 1. The Morgan fingerprint density at radius 3 is 2.54 bits per heavy atom. The maximum Gasteiger partial charge on any atom is 0.0474 e. The van der Waals surface area contributed by atoms with Crippen LogP contribution in [-0.2, 0) is 4.74 Å². The summed E-state index contributed by atoms with van der Waals surface area (Å²) in [6.45, 7) is 4.91. The van der Waals surface area contributed by atoms with Crippen LogP contribution in [0.1, 0.15) is 25.7 Å². The van der Waals surface area contributed by atoms with E-state index < -0.39 is 0 Å². The van der Waals surface area contributed by atoms with E-state index in [1.165, 1.54) is 45.3 Å². The molecule has 2 unspecified atom stereocenters. The van der Waals surface area contributed by atoms with Gasteiger partial charge in [0.25, 0.3) is 0 Å². The van der Waals surface area contributed by atoms with Gasteiger partial charge in [-0.2, -0.15) is 0 Å². The summed E-state index contributed by atoms with van der Waals surface area (Å²) >= 11 is 0. The maximum atomic E-state index is 5.07. The molecule has 0 aromatic rings. The largest absolute Gasteiger partial charge is 0.385 e. The lowest BCUT2D eigenvalue weighted by atomic mass is 10.0. The normalized spacial score (nSPS) is 33.9. The minimum Gasteiger partial charge on any atom is -0.385 e. The Morgan fingerprint density at radius 1 is 1.23 bits per heavy atom. The van der Waals surface area contributed by atoms with Crippen molar-refractivity contribution in [3.05, 3.63) is 0 Å². The summed E-state index contributed by atoms with van der Waals surface area (Å²) in [5.41, 5.74) is 0. The highest BCUT2D eigenvalue weighted by Crippen LogP contribution is 2.37. The van der Waals surface area contributed by atoms with Crippen molar-refractivity contribution in [3.8, 4) is 0 Å². The summed E-state index contributed by atoms with van der Waals surface area (Å²) in [4.78, 5) is 2.63. The molecule has 2 aliphatic rings. The molecular formula is C11H21NO. The Kier molecular flexibility index (Phi) is 3.23. The van der Waals surface area contributed by atoms with Crippen molar-refractivity contribution in [3.63, 3.8) is 0 Å². The first-order chi connectivity index (χ1) is 6.40. The number of fused-ring (bicyclic) bond motifs is 1. The van der Waals surface area contributed by atoms with E-state index in [0.717, 1.165) is 18.4 Å². The molecule has 13 heavy (non-hydrogen) atoms. The topological polar surface area (TPSA) is 12.5 Å². The van der Waals surface area contributed by atoms with Crippen LogP contribution in [0.4, 0.5) is 0 Å². The van der Waals surface area contributed by atoms with Gasteiger partial charge in [-0.15, -0.1) is 0 Å². The first-order valence-corrected chi connectivity index (χ1v) is 5.61. The van der Waals surface area contributed by atoms with Gasteiger partial charge in [0.05, 0.1) is 0 Å². The average Bonchev–Trinajstić information content (AvgIpc) is 2.64. The van der Waals surface area contributed by atoms with Crippen LogP contribution in [0.15, 0.2) is 0 Å². The minimum atomic E-state index is 0.922. The summed E-state index contributed by atoms with van der Waals surface area (Å²) in [5, 5.41) is 0. The van der Waals surface area contributed by atoms with E-state index in [4.69, 9.17) is 4.74 Å². The second-order valence-corrected chi connectivity index (χ2v) is 4.56. The molecule has 76 valence electrons. The molecule has 1 aliphatic carbocycles. The van der Waals surface area contributed by atoms with Crippen molar-refractivity contribution < 1.29 is 4.74 Å². The van der Waals surface area contributed by atoms with Crippen LogP contribution < -0.4 is 0 Å². The van der Waals surface area contributed by atoms with Crippen molar-refractivity contribution in [2.24, 2.45) is 11.8 Å². The van der Waals surface area contributed by atoms with Gasteiger partial charge in [0.1, 0.15) is 0 Å². The smallest absolute Gasteiger partial charge is 0.0474 e. The van der Waals surface area contributed by atoms with E-state index in [0.29, 0.717) is 0 Å². The quantitative estimate of drug-likeness (QED) is 0.616. The molecule has 0 aromatic heterocycles. The van der Waals surface area contributed by atoms with E-state index in [1.54, 1.807) is 7.11 Å². The Balaban J connectivity index is 1.67. The highest BCUT2D eigenvalue weighted by molar-refractivity contribution is 4.88. The second-order valence-electron chi connectivity index (χ2n) is 4.56. The molecule has 2 heteroatoms. The van der Waals surface area contributed by atoms with E-state index >= 15 is 0 Å². The zero-order chi connectivity index (χ0) is 9.10. The van der Waals surface area contributed by atoms with Crippen LogP contribution in [0.5, 0.6) is 0 Å². The lowest BCUT2D eigenvalue weighted by molar-refractivity contribution is 0.177. The predicted octanol–water partition coefficient (Wildman–Crippen LogP) is 1.75. The predicted molar refractivity (Wildman–Crippen MR) is 53.8 cm³/mol. The third kappa shape index (κ3) is 2.23. The van der Waals surface area contributed by atoms with Crippen LogP contribution in [0.3, 0.4) is 0 Å². The molecule has 2 nitrogen and oxygen atoms in total. The molecule has 0 radical (unpaired) electrons. The molecule has 1 saturated heterocycles. The summed E-state index contributed by atoms with van der Waals surface area (Å²) in [6.07, 6.45) is 5.67. The lowest BCUT2D eigenvalue weighted by Crippen LogP contribution is -2.23. The fourth-order valence-corrected chi connectivity index (χ4v) is 2.95. The fraction of sp³-hybridized carbons (Fsp3) is 1.00. The monoisotopic (exact) mass is 183 g/mol. The van der Waals surface area contributed by atoms with Gasteiger partial charge in [0.2, 0.25) is 0 Å². The van der Waals surface area contributed by atoms with Crippen LogP contribution in [-0.4, -0.2) is 38.3 Å². The van der Waals surface area contributed by atoms with Crippen molar-refractivity contribution in [1.82, 2.24) is 4.90 Å². The molecule has 0 bridgehead atoms. The van der Waals surface area contributed by atoms with Gasteiger partial charge in [-0.25, -0.2) is 0 Å². The molecular weight excluding hydrogens is 162 g/mol. The van der Waals surface area contributed by atoms with Crippen molar-refractivity contribution in [2.45, 2.75) is 25.7 Å². The first kappa shape index (κ1) is 9.47. The van der Waals surface area contributed by atoms with E-state index in [-0.39, 0.29) is 0 Å². The van der Waals surface area contributed by atoms with Crippen LogP contribution >= 0.6 is 0 Å². The Labute approximate surface area is 81.3 Å². The summed E-state index contributed by atoms with van der Waals surface area (Å²) < 4.78 is 5.07. The SMILES string of the molecule is COCCCN1CC2CCCC2C1. The van der Waals surface area contributed by atoms with Gasteiger partial charge in [0, 0.05) is 33.4 Å². The number of likely N-dealkylation sites (tertiary alicyclic amines) is 1. The summed E-state index contributed by atoms with van der Waals surface area (Å²) in [6, 6.07) is 0. The standard InChI is InChI=1S/C11H21NO/c1-13-7-3-6-12-8-10-4-2-5-11(10)9-12/h10-11H,2-9H2,1H3. The van der Waals surface area contributed by atoms with Crippen LogP contribution in [0.2, 0.25) is 0 Å². The van der Waals surface area contributed by atoms with Gasteiger partial charge < -0.3 is 9.64 Å². The van der Waals surface area contributed by atoms with Gasteiger partial charge >= 0.3 is 0 Å². The highest BCUT2D eigenvalue weighted by atomic mass is 16.5. The van der Waals surface area contributed by atoms with E-state index in [2.05, 4.69) is 4.90 Å². The number of hydrogen-bond donors (Lipinski definition) is 0. The fourth-order valence-electron chi connectivity index (χ4n) is 2.95. The minimum absolute atomic E-state index is 0.922. The number of ether oxygens (including phenoxy) is 1. The van der Waals surface area contributed by atoms with E-state index in [1.807, 2.05) is 0 Å². The zero-order valence-corrected chi connectivity index (χ0v) is 8.67. The molecule has 1 heterocycles. The summed E-state index contributed by atoms with van der Waals surface area (Å²) in [5.74, 6) is 2.09. The average molecular weight is 183 g/mol. The molecule has 2 rings (SSSR count). The third-order valence-electron chi connectivity index (χ3n) is 3.62. The van der Waals surface area contributed by atoms with Crippen molar-refractivity contribution >= 4 is 0 Å². The second kappa shape index (κ2) is 4.43. The highest BCUT2D eigenvalue weighted by Gasteiger charge is 2.35.